The molecule has 5 heteroatoms. The standard InChI is InChI=1S/C14H21NO4/c1-5-18-11-8-7-10(9-12(11)19-6-2)15-13(16)14(3,4)17/h7-9,17H,5-6H2,1-4H3,(H,15,16). The van der Waals surface area contributed by atoms with Gasteiger partial charge in [-0.15, -0.1) is 0 Å². The monoisotopic (exact) mass is 267 g/mol. The van der Waals surface area contributed by atoms with Crippen LogP contribution in [-0.2, 0) is 4.79 Å². The molecule has 0 aromatic heterocycles. The average Bonchev–Trinajstić information content (AvgIpc) is 2.32. The van der Waals surface area contributed by atoms with Crippen molar-refractivity contribution in [2.45, 2.75) is 33.3 Å². The predicted molar refractivity (Wildman–Crippen MR) is 73.7 cm³/mol. The molecule has 1 amide bonds. The van der Waals surface area contributed by atoms with Gasteiger partial charge in [0.25, 0.3) is 5.91 Å². The lowest BCUT2D eigenvalue weighted by Crippen LogP contribution is -2.36. The minimum Gasteiger partial charge on any atom is -0.490 e. The SMILES string of the molecule is CCOc1ccc(NC(=O)C(C)(C)O)cc1OCC. The summed E-state index contributed by atoms with van der Waals surface area (Å²) < 4.78 is 10.9. The van der Waals surface area contributed by atoms with E-state index in [9.17, 15) is 9.90 Å². The van der Waals surface area contributed by atoms with Crippen molar-refractivity contribution in [2.75, 3.05) is 18.5 Å². The Bertz CT molecular complexity index is 438. The second-order valence-electron chi connectivity index (χ2n) is 4.54. The molecule has 0 unspecified atom stereocenters. The van der Waals surface area contributed by atoms with E-state index >= 15 is 0 Å². The number of hydrogen-bond donors (Lipinski definition) is 2. The molecule has 0 atom stereocenters. The topological polar surface area (TPSA) is 67.8 Å². The van der Waals surface area contributed by atoms with Crippen LogP contribution >= 0.6 is 0 Å². The van der Waals surface area contributed by atoms with Crippen LogP contribution in [-0.4, -0.2) is 29.8 Å². The molecule has 19 heavy (non-hydrogen) atoms. The zero-order valence-corrected chi connectivity index (χ0v) is 11.8. The van der Waals surface area contributed by atoms with Crippen molar-refractivity contribution in [3.63, 3.8) is 0 Å². The quantitative estimate of drug-likeness (QED) is 0.829. The third-order valence-electron chi connectivity index (χ3n) is 2.36. The van der Waals surface area contributed by atoms with Gasteiger partial charge in [0.05, 0.1) is 13.2 Å². The Morgan fingerprint density at radius 3 is 2.32 bits per heavy atom. The normalized spacial score (nSPS) is 11.0. The fourth-order valence-corrected chi connectivity index (χ4v) is 1.41. The van der Waals surface area contributed by atoms with Gasteiger partial charge in [0.15, 0.2) is 11.5 Å². The molecule has 1 rings (SSSR count). The van der Waals surface area contributed by atoms with E-state index in [0.29, 0.717) is 30.4 Å². The van der Waals surface area contributed by atoms with Gasteiger partial charge in [-0.2, -0.15) is 0 Å². The molecule has 2 N–H and O–H groups in total. The highest BCUT2D eigenvalue weighted by molar-refractivity contribution is 5.96. The fourth-order valence-electron chi connectivity index (χ4n) is 1.41. The van der Waals surface area contributed by atoms with E-state index < -0.39 is 11.5 Å². The predicted octanol–water partition coefficient (Wildman–Crippen LogP) is 2.19. The summed E-state index contributed by atoms with van der Waals surface area (Å²) >= 11 is 0. The summed E-state index contributed by atoms with van der Waals surface area (Å²) in [4.78, 5) is 11.7. The molecule has 1 aromatic carbocycles. The molecule has 0 bridgehead atoms. The molecular formula is C14H21NO4. The molecule has 0 aliphatic heterocycles. The second kappa shape index (κ2) is 6.43. The summed E-state index contributed by atoms with van der Waals surface area (Å²) in [6.07, 6.45) is 0. The second-order valence-corrected chi connectivity index (χ2v) is 4.54. The van der Waals surface area contributed by atoms with Crippen molar-refractivity contribution >= 4 is 11.6 Å². The van der Waals surface area contributed by atoms with Gasteiger partial charge in [-0.25, -0.2) is 0 Å². The molecule has 106 valence electrons. The van der Waals surface area contributed by atoms with Gasteiger partial charge in [-0.05, 0) is 39.8 Å². The zero-order valence-electron chi connectivity index (χ0n) is 11.8. The maximum Gasteiger partial charge on any atom is 0.255 e. The van der Waals surface area contributed by atoms with E-state index in [-0.39, 0.29) is 0 Å². The first-order valence-electron chi connectivity index (χ1n) is 6.32. The summed E-state index contributed by atoms with van der Waals surface area (Å²) in [5, 5.41) is 12.2. The Balaban J connectivity index is 2.92. The van der Waals surface area contributed by atoms with Crippen LogP contribution in [0.1, 0.15) is 27.7 Å². The van der Waals surface area contributed by atoms with Crippen LogP contribution in [0.5, 0.6) is 11.5 Å². The summed E-state index contributed by atoms with van der Waals surface area (Å²) in [5.74, 6) is 0.725. The Kier molecular flexibility index (Phi) is 5.18. The first-order chi connectivity index (χ1) is 8.88. The molecule has 0 spiro atoms. The fraction of sp³-hybridized carbons (Fsp3) is 0.500. The minimum absolute atomic E-state index is 0.473. The molecule has 0 aliphatic carbocycles. The van der Waals surface area contributed by atoms with E-state index in [0.717, 1.165) is 0 Å². The molecule has 1 aromatic rings. The van der Waals surface area contributed by atoms with E-state index in [1.165, 1.54) is 13.8 Å². The maximum absolute atomic E-state index is 11.7. The molecular weight excluding hydrogens is 246 g/mol. The molecule has 0 heterocycles. The number of amides is 1. The Labute approximate surface area is 113 Å². The number of hydrogen-bond acceptors (Lipinski definition) is 4. The summed E-state index contributed by atoms with van der Waals surface area (Å²) in [5.41, 5.74) is -0.872. The van der Waals surface area contributed by atoms with E-state index in [1.54, 1.807) is 18.2 Å². The van der Waals surface area contributed by atoms with Crippen LogP contribution in [0.4, 0.5) is 5.69 Å². The lowest BCUT2D eigenvalue weighted by atomic mass is 10.1. The van der Waals surface area contributed by atoms with Crippen LogP contribution in [0, 0.1) is 0 Å². The van der Waals surface area contributed by atoms with Gasteiger partial charge in [-0.1, -0.05) is 0 Å². The summed E-state index contributed by atoms with van der Waals surface area (Å²) in [6.45, 7) is 7.66. The third kappa shape index (κ3) is 4.44. The molecule has 0 saturated carbocycles. The Morgan fingerprint density at radius 1 is 1.21 bits per heavy atom. The number of aliphatic hydroxyl groups is 1. The van der Waals surface area contributed by atoms with Crippen molar-refractivity contribution in [1.29, 1.82) is 0 Å². The summed E-state index contributed by atoms with van der Waals surface area (Å²) in [7, 11) is 0. The number of ether oxygens (including phenoxy) is 2. The Hall–Kier alpha value is -1.75. The van der Waals surface area contributed by atoms with Gasteiger partial charge in [-0.3, -0.25) is 4.79 Å². The van der Waals surface area contributed by atoms with Crippen molar-refractivity contribution in [1.82, 2.24) is 0 Å². The van der Waals surface area contributed by atoms with E-state index in [1.807, 2.05) is 13.8 Å². The van der Waals surface area contributed by atoms with Crippen LogP contribution in [0.15, 0.2) is 18.2 Å². The smallest absolute Gasteiger partial charge is 0.255 e. The first kappa shape index (κ1) is 15.3. The number of carbonyl (C=O) groups excluding carboxylic acids is 1. The van der Waals surface area contributed by atoms with Crippen LogP contribution < -0.4 is 14.8 Å². The number of carbonyl (C=O) groups is 1. The zero-order chi connectivity index (χ0) is 14.5. The van der Waals surface area contributed by atoms with Crippen LogP contribution in [0.3, 0.4) is 0 Å². The highest BCUT2D eigenvalue weighted by Gasteiger charge is 2.23. The number of benzene rings is 1. The third-order valence-corrected chi connectivity index (χ3v) is 2.36. The van der Waals surface area contributed by atoms with Crippen molar-refractivity contribution in [3.8, 4) is 11.5 Å². The minimum atomic E-state index is -1.43. The van der Waals surface area contributed by atoms with Crippen LogP contribution in [0.25, 0.3) is 0 Å². The van der Waals surface area contributed by atoms with Gasteiger partial charge >= 0.3 is 0 Å². The van der Waals surface area contributed by atoms with Gasteiger partial charge in [0, 0.05) is 11.8 Å². The maximum atomic E-state index is 11.7. The van der Waals surface area contributed by atoms with Gasteiger partial charge < -0.3 is 19.9 Å². The van der Waals surface area contributed by atoms with Crippen molar-refractivity contribution in [3.05, 3.63) is 18.2 Å². The highest BCUT2D eigenvalue weighted by atomic mass is 16.5. The van der Waals surface area contributed by atoms with Gasteiger partial charge in [0.2, 0.25) is 0 Å². The largest absolute Gasteiger partial charge is 0.490 e. The summed E-state index contributed by atoms with van der Waals surface area (Å²) in [6, 6.07) is 5.11. The lowest BCUT2D eigenvalue weighted by Gasteiger charge is -2.18. The first-order valence-corrected chi connectivity index (χ1v) is 6.32. The molecule has 5 nitrogen and oxygen atoms in total. The highest BCUT2D eigenvalue weighted by Crippen LogP contribution is 2.30. The van der Waals surface area contributed by atoms with Gasteiger partial charge in [0.1, 0.15) is 5.60 Å². The Morgan fingerprint density at radius 2 is 1.79 bits per heavy atom. The number of rotatable bonds is 6. The average molecular weight is 267 g/mol. The van der Waals surface area contributed by atoms with Crippen molar-refractivity contribution in [2.24, 2.45) is 0 Å². The van der Waals surface area contributed by atoms with Crippen LogP contribution in [0.2, 0.25) is 0 Å². The molecule has 0 fully saturated rings. The number of anilines is 1. The molecule has 0 radical (unpaired) electrons. The molecule has 0 saturated heterocycles. The van der Waals surface area contributed by atoms with E-state index in [2.05, 4.69) is 5.32 Å². The molecule has 0 aliphatic rings. The number of nitrogens with one attached hydrogen (secondary N) is 1. The van der Waals surface area contributed by atoms with Crippen molar-refractivity contribution < 1.29 is 19.4 Å². The van der Waals surface area contributed by atoms with E-state index in [4.69, 9.17) is 9.47 Å². The lowest BCUT2D eigenvalue weighted by molar-refractivity contribution is -0.130.